The minimum atomic E-state index is -0.00647. The molecule has 4 aliphatic rings. The molecule has 6 rings (SSSR count). The Bertz CT molecular complexity index is 976. The van der Waals surface area contributed by atoms with Crippen molar-refractivity contribution in [1.82, 2.24) is 0 Å². The maximum atomic E-state index is 11.7. The summed E-state index contributed by atoms with van der Waals surface area (Å²) in [5.41, 5.74) is 7.38. The fraction of sp³-hybridized carbons (Fsp3) is 0.647. The molecule has 0 unspecified atom stereocenters. The molecule has 2 aromatic rings. The molecule has 4 aliphatic carbocycles. The summed E-state index contributed by atoms with van der Waals surface area (Å²) in [6.07, 6.45) is 20.3. The second kappa shape index (κ2) is 10.4. The lowest BCUT2D eigenvalue weighted by molar-refractivity contribution is 0.442. The van der Waals surface area contributed by atoms with Crippen molar-refractivity contribution in [3.63, 3.8) is 0 Å². The van der Waals surface area contributed by atoms with Gasteiger partial charge in [-0.25, -0.2) is 0 Å². The molecular formula is C34H46O2. The number of aromatic hydroxyl groups is 2. The highest BCUT2D eigenvalue weighted by molar-refractivity contribution is 5.56. The lowest BCUT2D eigenvalue weighted by atomic mass is 9.80. The average Bonchev–Trinajstić information content (AvgIpc) is 3.72. The predicted octanol–water partition coefficient (Wildman–Crippen LogP) is 9.88. The van der Waals surface area contributed by atoms with E-state index >= 15 is 0 Å². The van der Waals surface area contributed by atoms with E-state index in [9.17, 15) is 10.2 Å². The van der Waals surface area contributed by atoms with Crippen LogP contribution in [0.1, 0.15) is 173 Å². The van der Waals surface area contributed by atoms with Gasteiger partial charge in [0.05, 0.1) is 0 Å². The van der Waals surface area contributed by atoms with E-state index in [0.717, 1.165) is 11.1 Å². The summed E-state index contributed by atoms with van der Waals surface area (Å²) in [7, 11) is 0. The Morgan fingerprint density at radius 3 is 1.14 bits per heavy atom. The fourth-order valence-electron chi connectivity index (χ4n) is 8.32. The van der Waals surface area contributed by atoms with Gasteiger partial charge in [0.25, 0.3) is 0 Å². The van der Waals surface area contributed by atoms with Crippen molar-refractivity contribution in [3.05, 3.63) is 57.6 Å². The SMILES string of the molecule is CC(c1cc(C2CCCC2)cc(C2CCCC2)c1O)c1cc(C2CCCC2)cc(C2CCCC2)c1O. The molecule has 2 N–H and O–H groups in total. The van der Waals surface area contributed by atoms with Gasteiger partial charge in [0, 0.05) is 17.0 Å². The van der Waals surface area contributed by atoms with Crippen molar-refractivity contribution in [1.29, 1.82) is 0 Å². The van der Waals surface area contributed by atoms with E-state index in [1.54, 1.807) is 0 Å². The molecule has 4 fully saturated rings. The van der Waals surface area contributed by atoms with Crippen LogP contribution < -0.4 is 0 Å². The molecule has 2 aromatic carbocycles. The van der Waals surface area contributed by atoms with Crippen molar-refractivity contribution in [2.75, 3.05) is 0 Å². The van der Waals surface area contributed by atoms with Crippen LogP contribution in [0.3, 0.4) is 0 Å². The van der Waals surface area contributed by atoms with Gasteiger partial charge in [-0.1, -0.05) is 82.6 Å². The molecule has 0 saturated heterocycles. The molecule has 2 heteroatoms. The summed E-state index contributed by atoms with van der Waals surface area (Å²) < 4.78 is 0. The first-order valence-electron chi connectivity index (χ1n) is 15.3. The molecule has 0 amide bonds. The van der Waals surface area contributed by atoms with Gasteiger partial charge in [0.1, 0.15) is 11.5 Å². The normalized spacial score (nSPS) is 22.5. The van der Waals surface area contributed by atoms with E-state index in [-0.39, 0.29) is 5.92 Å². The molecule has 0 aromatic heterocycles. The number of hydrogen-bond donors (Lipinski definition) is 2. The number of rotatable bonds is 6. The Morgan fingerprint density at radius 1 is 0.500 bits per heavy atom. The zero-order valence-corrected chi connectivity index (χ0v) is 22.4. The van der Waals surface area contributed by atoms with Gasteiger partial charge in [-0.05, 0) is 97.3 Å². The first kappa shape index (κ1) is 24.4. The van der Waals surface area contributed by atoms with Crippen LogP contribution in [0.25, 0.3) is 0 Å². The summed E-state index contributed by atoms with van der Waals surface area (Å²) in [5.74, 6) is 3.27. The van der Waals surface area contributed by atoms with Crippen LogP contribution in [0.2, 0.25) is 0 Å². The third-order valence-electron chi connectivity index (χ3n) is 10.6. The molecule has 0 radical (unpaired) electrons. The van der Waals surface area contributed by atoms with E-state index in [1.807, 2.05) is 0 Å². The Labute approximate surface area is 218 Å². The van der Waals surface area contributed by atoms with Gasteiger partial charge < -0.3 is 10.2 Å². The van der Waals surface area contributed by atoms with Crippen LogP contribution in [0, 0.1) is 0 Å². The van der Waals surface area contributed by atoms with Crippen LogP contribution in [0.4, 0.5) is 0 Å². The standard InChI is InChI=1S/C34H46O2/c1-22(29-18-27(23-10-2-3-11-23)20-31(33(29)35)25-14-6-7-15-25)30-19-28(24-12-4-5-13-24)21-32(34(30)36)26-16-8-9-17-26/h18-26,35-36H,2-17H2,1H3. The Kier molecular flexibility index (Phi) is 7.06. The molecule has 0 heterocycles. The largest absolute Gasteiger partial charge is 0.507 e. The van der Waals surface area contributed by atoms with Crippen molar-refractivity contribution < 1.29 is 10.2 Å². The summed E-state index contributed by atoms with van der Waals surface area (Å²) >= 11 is 0. The monoisotopic (exact) mass is 486 g/mol. The average molecular weight is 487 g/mol. The molecule has 0 spiro atoms. The molecule has 0 atom stereocenters. The maximum absolute atomic E-state index is 11.7. The highest BCUT2D eigenvalue weighted by Crippen LogP contribution is 2.50. The predicted molar refractivity (Wildman–Crippen MR) is 149 cm³/mol. The molecule has 0 aliphatic heterocycles. The second-order valence-corrected chi connectivity index (χ2v) is 12.7. The molecule has 4 saturated carbocycles. The van der Waals surface area contributed by atoms with E-state index in [2.05, 4.69) is 31.2 Å². The highest BCUT2D eigenvalue weighted by Gasteiger charge is 2.31. The van der Waals surface area contributed by atoms with Crippen molar-refractivity contribution >= 4 is 0 Å². The van der Waals surface area contributed by atoms with Gasteiger partial charge in [-0.2, -0.15) is 0 Å². The van der Waals surface area contributed by atoms with Crippen molar-refractivity contribution in [2.24, 2.45) is 0 Å². The van der Waals surface area contributed by atoms with E-state index in [4.69, 9.17) is 0 Å². The molecule has 0 bridgehead atoms. The van der Waals surface area contributed by atoms with Crippen molar-refractivity contribution in [3.8, 4) is 11.5 Å². The van der Waals surface area contributed by atoms with Gasteiger partial charge in [0.2, 0.25) is 0 Å². The highest BCUT2D eigenvalue weighted by atomic mass is 16.3. The topological polar surface area (TPSA) is 40.5 Å². The number of phenols is 2. The number of hydrogen-bond acceptors (Lipinski definition) is 2. The van der Waals surface area contributed by atoms with Crippen LogP contribution in [-0.4, -0.2) is 10.2 Å². The fourth-order valence-corrected chi connectivity index (χ4v) is 8.32. The quantitative estimate of drug-likeness (QED) is 0.426. The smallest absolute Gasteiger partial charge is 0.122 e. The van der Waals surface area contributed by atoms with Gasteiger partial charge in [-0.15, -0.1) is 0 Å². The summed E-state index contributed by atoms with van der Waals surface area (Å²) in [6.45, 7) is 2.23. The Morgan fingerprint density at radius 2 is 0.806 bits per heavy atom. The minimum Gasteiger partial charge on any atom is -0.507 e. The summed E-state index contributed by atoms with van der Waals surface area (Å²) in [5, 5.41) is 23.4. The van der Waals surface area contributed by atoms with Crippen LogP contribution in [0.5, 0.6) is 11.5 Å². The molecule has 194 valence electrons. The Hall–Kier alpha value is -1.96. The van der Waals surface area contributed by atoms with E-state index in [1.165, 1.54) is 125 Å². The van der Waals surface area contributed by atoms with Crippen LogP contribution in [-0.2, 0) is 0 Å². The lowest BCUT2D eigenvalue weighted by Gasteiger charge is -2.26. The van der Waals surface area contributed by atoms with Crippen molar-refractivity contribution in [2.45, 2.75) is 139 Å². The second-order valence-electron chi connectivity index (χ2n) is 12.7. The molecular weight excluding hydrogens is 440 g/mol. The third-order valence-corrected chi connectivity index (χ3v) is 10.6. The van der Waals surface area contributed by atoms with E-state index in [0.29, 0.717) is 35.2 Å². The third kappa shape index (κ3) is 4.59. The van der Waals surface area contributed by atoms with Crippen LogP contribution >= 0.6 is 0 Å². The van der Waals surface area contributed by atoms with Gasteiger partial charge in [-0.3, -0.25) is 0 Å². The number of phenolic OH excluding ortho intramolecular Hbond substituents is 2. The summed E-state index contributed by atoms with van der Waals surface area (Å²) in [6, 6.07) is 9.39. The first-order chi connectivity index (χ1) is 17.6. The Balaban J connectivity index is 1.45. The van der Waals surface area contributed by atoms with E-state index < -0.39 is 0 Å². The zero-order valence-electron chi connectivity index (χ0n) is 22.4. The summed E-state index contributed by atoms with van der Waals surface area (Å²) in [4.78, 5) is 0. The maximum Gasteiger partial charge on any atom is 0.122 e. The molecule has 2 nitrogen and oxygen atoms in total. The lowest BCUT2D eigenvalue weighted by Crippen LogP contribution is -2.08. The zero-order chi connectivity index (χ0) is 24.6. The van der Waals surface area contributed by atoms with Gasteiger partial charge >= 0.3 is 0 Å². The van der Waals surface area contributed by atoms with Crippen LogP contribution in [0.15, 0.2) is 24.3 Å². The minimum absolute atomic E-state index is 0.00647. The molecule has 36 heavy (non-hydrogen) atoms. The first-order valence-corrected chi connectivity index (χ1v) is 15.3. The number of benzene rings is 2. The van der Waals surface area contributed by atoms with Gasteiger partial charge in [0.15, 0.2) is 0 Å².